The zero-order valence-corrected chi connectivity index (χ0v) is 16.8. The number of ether oxygens (including phenoxy) is 1. The summed E-state index contributed by atoms with van der Waals surface area (Å²) in [6.45, 7) is 1.06. The summed E-state index contributed by atoms with van der Waals surface area (Å²) < 4.78 is 7.85. The molecule has 0 bridgehead atoms. The molecule has 1 aliphatic rings. The molecule has 0 radical (unpaired) electrons. The minimum atomic E-state index is -0.0708. The van der Waals surface area contributed by atoms with E-state index in [1.807, 2.05) is 30.3 Å². The fourth-order valence-electron chi connectivity index (χ4n) is 4.24. The van der Waals surface area contributed by atoms with E-state index in [0.29, 0.717) is 18.9 Å². The van der Waals surface area contributed by atoms with Gasteiger partial charge < -0.3 is 9.30 Å². The minimum Gasteiger partial charge on any atom is -0.461 e. The topological polar surface area (TPSA) is 31.2 Å². The standard InChI is InChI=1S/C24H26ClNO2/c25-21-10-6-9-19(13-21)15-26-16-20(22-11-4-5-12-23(22)26)17-28-24(27)14-18-7-2-1-3-8-18/h4-6,9-13,16,18H,1-3,7-8,14-15,17H2. The molecule has 0 atom stereocenters. The van der Waals surface area contributed by atoms with Crippen LogP contribution in [0.4, 0.5) is 0 Å². The van der Waals surface area contributed by atoms with Gasteiger partial charge in [0.2, 0.25) is 0 Å². The molecule has 4 heteroatoms. The van der Waals surface area contributed by atoms with Crippen LogP contribution in [-0.4, -0.2) is 10.5 Å². The molecule has 0 unspecified atom stereocenters. The lowest BCUT2D eigenvalue weighted by atomic mass is 9.87. The average Bonchev–Trinajstić information content (AvgIpc) is 3.05. The molecule has 1 heterocycles. The monoisotopic (exact) mass is 395 g/mol. The molecule has 3 aromatic rings. The van der Waals surface area contributed by atoms with Crippen LogP contribution in [0.15, 0.2) is 54.7 Å². The Balaban J connectivity index is 1.47. The smallest absolute Gasteiger partial charge is 0.306 e. The Morgan fingerprint density at radius 2 is 1.89 bits per heavy atom. The number of aromatic nitrogens is 1. The molecule has 28 heavy (non-hydrogen) atoms. The Bertz CT molecular complexity index is 956. The molecule has 0 aliphatic heterocycles. The molecule has 1 aromatic heterocycles. The Kier molecular flexibility index (Phi) is 6.01. The van der Waals surface area contributed by atoms with Gasteiger partial charge in [-0.3, -0.25) is 4.79 Å². The van der Waals surface area contributed by atoms with Crippen molar-refractivity contribution in [3.05, 3.63) is 70.9 Å². The zero-order chi connectivity index (χ0) is 19.3. The number of rotatable bonds is 6. The van der Waals surface area contributed by atoms with Crippen LogP contribution in [0.1, 0.15) is 49.7 Å². The van der Waals surface area contributed by atoms with Gasteiger partial charge in [0, 0.05) is 40.7 Å². The lowest BCUT2D eigenvalue weighted by Crippen LogP contribution is -2.14. The molecule has 1 saturated carbocycles. The first-order chi connectivity index (χ1) is 13.7. The van der Waals surface area contributed by atoms with Crippen LogP contribution in [-0.2, 0) is 22.7 Å². The molecular weight excluding hydrogens is 370 g/mol. The van der Waals surface area contributed by atoms with E-state index in [-0.39, 0.29) is 5.97 Å². The second-order valence-electron chi connectivity index (χ2n) is 7.80. The van der Waals surface area contributed by atoms with Gasteiger partial charge in [-0.05, 0) is 42.5 Å². The summed E-state index contributed by atoms with van der Waals surface area (Å²) in [4.78, 5) is 12.3. The normalized spacial score (nSPS) is 15.0. The SMILES string of the molecule is O=C(CC1CCCCC1)OCc1cn(Cc2cccc(Cl)c2)c2ccccc12. The molecule has 1 fully saturated rings. The second-order valence-corrected chi connectivity index (χ2v) is 8.23. The van der Waals surface area contributed by atoms with Crippen molar-refractivity contribution < 1.29 is 9.53 Å². The van der Waals surface area contributed by atoms with Crippen LogP contribution in [0.2, 0.25) is 5.02 Å². The number of hydrogen-bond donors (Lipinski definition) is 0. The molecular formula is C24H26ClNO2. The number of nitrogens with zero attached hydrogens (tertiary/aromatic N) is 1. The summed E-state index contributed by atoms with van der Waals surface area (Å²) >= 11 is 6.13. The van der Waals surface area contributed by atoms with Crippen molar-refractivity contribution in [3.8, 4) is 0 Å². The number of carbonyl (C=O) groups is 1. The maximum absolute atomic E-state index is 12.3. The van der Waals surface area contributed by atoms with E-state index >= 15 is 0 Å². The Morgan fingerprint density at radius 3 is 2.71 bits per heavy atom. The highest BCUT2D eigenvalue weighted by Crippen LogP contribution is 2.27. The largest absolute Gasteiger partial charge is 0.461 e. The highest BCUT2D eigenvalue weighted by atomic mass is 35.5. The molecule has 0 saturated heterocycles. The predicted molar refractivity (Wildman–Crippen MR) is 113 cm³/mol. The van der Waals surface area contributed by atoms with Gasteiger partial charge in [0.15, 0.2) is 0 Å². The van der Waals surface area contributed by atoms with Crippen molar-refractivity contribution in [2.75, 3.05) is 0 Å². The van der Waals surface area contributed by atoms with Crippen LogP contribution in [0.5, 0.6) is 0 Å². The average molecular weight is 396 g/mol. The Morgan fingerprint density at radius 1 is 1.07 bits per heavy atom. The highest BCUT2D eigenvalue weighted by molar-refractivity contribution is 6.30. The van der Waals surface area contributed by atoms with Crippen molar-refractivity contribution in [3.63, 3.8) is 0 Å². The maximum atomic E-state index is 12.3. The van der Waals surface area contributed by atoms with Crippen LogP contribution >= 0.6 is 11.6 Å². The van der Waals surface area contributed by atoms with Gasteiger partial charge in [-0.15, -0.1) is 0 Å². The van der Waals surface area contributed by atoms with E-state index in [4.69, 9.17) is 16.3 Å². The van der Waals surface area contributed by atoms with Crippen LogP contribution in [0.3, 0.4) is 0 Å². The second kappa shape index (κ2) is 8.83. The lowest BCUT2D eigenvalue weighted by molar-refractivity contribution is -0.146. The number of para-hydroxylation sites is 1. The van der Waals surface area contributed by atoms with Crippen molar-refractivity contribution in [1.29, 1.82) is 0 Å². The molecule has 3 nitrogen and oxygen atoms in total. The van der Waals surface area contributed by atoms with Gasteiger partial charge in [-0.25, -0.2) is 0 Å². The molecule has 0 N–H and O–H groups in total. The summed E-state index contributed by atoms with van der Waals surface area (Å²) in [5.41, 5.74) is 3.34. The van der Waals surface area contributed by atoms with Crippen LogP contribution in [0, 0.1) is 5.92 Å². The number of fused-ring (bicyclic) bond motifs is 1. The maximum Gasteiger partial charge on any atom is 0.306 e. The zero-order valence-electron chi connectivity index (χ0n) is 16.1. The number of hydrogen-bond acceptors (Lipinski definition) is 2. The van der Waals surface area contributed by atoms with Gasteiger partial charge in [0.1, 0.15) is 6.61 Å². The fraction of sp³-hybridized carbons (Fsp3) is 0.375. The first-order valence-corrected chi connectivity index (χ1v) is 10.5. The number of carbonyl (C=O) groups excluding carboxylic acids is 1. The van der Waals surface area contributed by atoms with Crippen LogP contribution < -0.4 is 0 Å². The third kappa shape index (κ3) is 4.59. The quantitative estimate of drug-likeness (QED) is 0.455. The minimum absolute atomic E-state index is 0.0708. The summed E-state index contributed by atoms with van der Waals surface area (Å²) in [5, 5.41) is 1.88. The van der Waals surface area contributed by atoms with Gasteiger partial charge in [0.25, 0.3) is 0 Å². The third-order valence-electron chi connectivity index (χ3n) is 5.68. The van der Waals surface area contributed by atoms with E-state index in [9.17, 15) is 4.79 Å². The molecule has 2 aromatic carbocycles. The van der Waals surface area contributed by atoms with Gasteiger partial charge in [-0.1, -0.05) is 61.2 Å². The fourth-order valence-corrected chi connectivity index (χ4v) is 4.46. The van der Waals surface area contributed by atoms with E-state index < -0.39 is 0 Å². The highest BCUT2D eigenvalue weighted by Gasteiger charge is 2.18. The predicted octanol–water partition coefficient (Wildman–Crippen LogP) is 6.36. The van der Waals surface area contributed by atoms with Gasteiger partial charge >= 0.3 is 5.97 Å². The number of halogens is 1. The first kappa shape index (κ1) is 19.1. The molecule has 146 valence electrons. The molecule has 4 rings (SSSR count). The van der Waals surface area contributed by atoms with E-state index in [1.54, 1.807) is 0 Å². The van der Waals surface area contributed by atoms with Gasteiger partial charge in [0.05, 0.1) is 0 Å². The molecule has 1 aliphatic carbocycles. The van der Waals surface area contributed by atoms with Crippen molar-refractivity contribution in [2.45, 2.75) is 51.7 Å². The van der Waals surface area contributed by atoms with Gasteiger partial charge in [-0.2, -0.15) is 0 Å². The van der Waals surface area contributed by atoms with Crippen molar-refractivity contribution in [2.24, 2.45) is 5.92 Å². The third-order valence-corrected chi connectivity index (χ3v) is 5.92. The Labute approximate surface area is 171 Å². The van der Waals surface area contributed by atoms with E-state index in [2.05, 4.69) is 29.0 Å². The van der Waals surface area contributed by atoms with Crippen LogP contribution in [0.25, 0.3) is 10.9 Å². The van der Waals surface area contributed by atoms with Crippen molar-refractivity contribution >= 4 is 28.5 Å². The van der Waals surface area contributed by atoms with E-state index in [0.717, 1.165) is 46.4 Å². The summed E-state index contributed by atoms with van der Waals surface area (Å²) in [6, 6.07) is 16.2. The molecule has 0 amide bonds. The summed E-state index contributed by atoms with van der Waals surface area (Å²) in [5.74, 6) is 0.434. The van der Waals surface area contributed by atoms with E-state index in [1.165, 1.54) is 19.3 Å². The number of esters is 1. The first-order valence-electron chi connectivity index (χ1n) is 10.2. The Hall–Kier alpha value is -2.26. The molecule has 0 spiro atoms. The summed E-state index contributed by atoms with van der Waals surface area (Å²) in [7, 11) is 0. The van der Waals surface area contributed by atoms with Crippen molar-refractivity contribution in [1.82, 2.24) is 4.57 Å². The lowest BCUT2D eigenvalue weighted by Gasteiger charge is -2.20. The summed E-state index contributed by atoms with van der Waals surface area (Å²) in [6.07, 6.45) is 8.77. The number of benzene rings is 2.